The lowest BCUT2D eigenvalue weighted by molar-refractivity contribution is 0.385. The van der Waals surface area contributed by atoms with Crippen molar-refractivity contribution in [2.45, 2.75) is 12.5 Å². The fraction of sp³-hybridized carbons (Fsp3) is 0.500. The van der Waals surface area contributed by atoms with Crippen LogP contribution in [0.2, 0.25) is 0 Å². The summed E-state index contributed by atoms with van der Waals surface area (Å²) >= 11 is 0. The smallest absolute Gasteiger partial charge is 0.165 e. The van der Waals surface area contributed by atoms with Gasteiger partial charge in [-0.3, -0.25) is 0 Å². The summed E-state index contributed by atoms with van der Waals surface area (Å²) in [5.74, 6) is 0.0160. The summed E-state index contributed by atoms with van der Waals surface area (Å²) in [5, 5.41) is 6.71. The molecular formula is C12H17FN2O. The molecule has 1 aliphatic rings. The molecule has 1 unspecified atom stereocenters. The zero-order valence-electron chi connectivity index (χ0n) is 9.42. The van der Waals surface area contributed by atoms with E-state index in [9.17, 15) is 4.39 Å². The first-order valence-corrected chi connectivity index (χ1v) is 5.56. The molecule has 0 aliphatic carbocycles. The normalized spacial score (nSPS) is 20.8. The molecule has 1 aliphatic heterocycles. The van der Waals surface area contributed by atoms with Crippen molar-refractivity contribution >= 4 is 0 Å². The Kier molecular flexibility index (Phi) is 3.74. The van der Waals surface area contributed by atoms with Crippen LogP contribution in [0.5, 0.6) is 5.75 Å². The van der Waals surface area contributed by atoms with Gasteiger partial charge in [0.05, 0.1) is 7.11 Å². The van der Waals surface area contributed by atoms with Gasteiger partial charge < -0.3 is 15.4 Å². The standard InChI is InChI=1S/C12H17FN2O/c1-16-12-3-2-9(7-11(12)13)6-10-8-14-4-5-15-10/h2-3,7,10,14-15H,4-6,8H2,1H3. The van der Waals surface area contributed by atoms with Crippen LogP contribution in [0.15, 0.2) is 18.2 Å². The Hall–Kier alpha value is -1.13. The van der Waals surface area contributed by atoms with Crippen LogP contribution in [-0.2, 0) is 6.42 Å². The number of benzene rings is 1. The Morgan fingerprint density at radius 1 is 1.44 bits per heavy atom. The number of halogens is 1. The quantitative estimate of drug-likeness (QED) is 0.801. The fourth-order valence-corrected chi connectivity index (χ4v) is 1.98. The molecule has 1 saturated heterocycles. The summed E-state index contributed by atoms with van der Waals surface area (Å²) in [6.07, 6.45) is 0.841. The van der Waals surface area contributed by atoms with Crippen LogP contribution < -0.4 is 15.4 Å². The highest BCUT2D eigenvalue weighted by atomic mass is 19.1. The maximum absolute atomic E-state index is 13.4. The monoisotopic (exact) mass is 224 g/mol. The minimum absolute atomic E-state index is 0.288. The predicted molar refractivity (Wildman–Crippen MR) is 61.3 cm³/mol. The molecule has 1 aromatic carbocycles. The van der Waals surface area contributed by atoms with E-state index in [0.717, 1.165) is 31.6 Å². The lowest BCUT2D eigenvalue weighted by atomic mass is 10.0. The number of rotatable bonds is 3. The molecule has 2 N–H and O–H groups in total. The van der Waals surface area contributed by atoms with Gasteiger partial charge in [0.25, 0.3) is 0 Å². The molecule has 0 bridgehead atoms. The van der Waals surface area contributed by atoms with E-state index in [1.807, 2.05) is 6.07 Å². The van der Waals surface area contributed by atoms with Gasteiger partial charge in [0.15, 0.2) is 11.6 Å². The second kappa shape index (κ2) is 5.27. The third kappa shape index (κ3) is 2.71. The molecule has 0 aromatic heterocycles. The van der Waals surface area contributed by atoms with Crippen LogP contribution in [0, 0.1) is 5.82 Å². The summed E-state index contributed by atoms with van der Waals surface area (Å²) in [4.78, 5) is 0. The van der Waals surface area contributed by atoms with Crippen LogP contribution in [0.1, 0.15) is 5.56 Å². The van der Waals surface area contributed by atoms with E-state index in [-0.39, 0.29) is 5.82 Å². The molecule has 1 atom stereocenters. The summed E-state index contributed by atoms with van der Waals surface area (Å²) in [5.41, 5.74) is 1.000. The van der Waals surface area contributed by atoms with Crippen molar-refractivity contribution in [1.29, 1.82) is 0 Å². The average molecular weight is 224 g/mol. The molecule has 1 heterocycles. The van der Waals surface area contributed by atoms with Crippen molar-refractivity contribution < 1.29 is 9.13 Å². The Balaban J connectivity index is 2.01. The lowest BCUT2D eigenvalue weighted by Gasteiger charge is -2.24. The summed E-state index contributed by atoms with van der Waals surface area (Å²) in [6.45, 7) is 2.92. The van der Waals surface area contributed by atoms with Crippen molar-refractivity contribution in [3.05, 3.63) is 29.6 Å². The van der Waals surface area contributed by atoms with Gasteiger partial charge in [0, 0.05) is 25.7 Å². The van der Waals surface area contributed by atoms with Gasteiger partial charge in [0.2, 0.25) is 0 Å². The third-order valence-electron chi connectivity index (χ3n) is 2.82. The molecule has 0 saturated carbocycles. The van der Waals surface area contributed by atoms with E-state index < -0.39 is 0 Å². The fourth-order valence-electron chi connectivity index (χ4n) is 1.98. The van der Waals surface area contributed by atoms with Crippen LogP contribution in [0.25, 0.3) is 0 Å². The second-order valence-corrected chi connectivity index (χ2v) is 4.03. The van der Waals surface area contributed by atoms with Crippen molar-refractivity contribution in [2.75, 3.05) is 26.7 Å². The van der Waals surface area contributed by atoms with E-state index >= 15 is 0 Å². The van der Waals surface area contributed by atoms with E-state index in [4.69, 9.17) is 4.74 Å². The average Bonchev–Trinajstić information content (AvgIpc) is 2.31. The van der Waals surface area contributed by atoms with Gasteiger partial charge in [-0.05, 0) is 24.1 Å². The van der Waals surface area contributed by atoms with Crippen molar-refractivity contribution in [2.24, 2.45) is 0 Å². The second-order valence-electron chi connectivity index (χ2n) is 4.03. The zero-order chi connectivity index (χ0) is 11.4. The molecular weight excluding hydrogens is 207 g/mol. The Morgan fingerprint density at radius 3 is 2.94 bits per heavy atom. The van der Waals surface area contributed by atoms with Gasteiger partial charge in [-0.25, -0.2) is 4.39 Å². The van der Waals surface area contributed by atoms with Crippen molar-refractivity contribution in [1.82, 2.24) is 10.6 Å². The largest absolute Gasteiger partial charge is 0.494 e. The molecule has 0 spiro atoms. The van der Waals surface area contributed by atoms with Crippen LogP contribution in [-0.4, -0.2) is 32.8 Å². The summed E-state index contributed by atoms with van der Waals surface area (Å²) in [7, 11) is 1.48. The highest BCUT2D eigenvalue weighted by molar-refractivity contribution is 5.29. The molecule has 4 heteroatoms. The molecule has 3 nitrogen and oxygen atoms in total. The zero-order valence-corrected chi connectivity index (χ0v) is 9.42. The minimum atomic E-state index is -0.288. The highest BCUT2D eigenvalue weighted by Gasteiger charge is 2.13. The summed E-state index contributed by atoms with van der Waals surface area (Å²) in [6, 6.07) is 5.54. The third-order valence-corrected chi connectivity index (χ3v) is 2.82. The molecule has 1 aromatic rings. The van der Waals surface area contributed by atoms with Crippen LogP contribution in [0.3, 0.4) is 0 Å². The SMILES string of the molecule is COc1ccc(CC2CNCCN2)cc1F. The van der Waals surface area contributed by atoms with Crippen molar-refractivity contribution in [3.63, 3.8) is 0 Å². The van der Waals surface area contributed by atoms with Gasteiger partial charge in [-0.15, -0.1) is 0 Å². The van der Waals surface area contributed by atoms with Crippen molar-refractivity contribution in [3.8, 4) is 5.75 Å². The van der Waals surface area contributed by atoms with Gasteiger partial charge in [0.1, 0.15) is 0 Å². The number of hydrogen-bond donors (Lipinski definition) is 2. The minimum Gasteiger partial charge on any atom is -0.494 e. The van der Waals surface area contributed by atoms with E-state index in [1.54, 1.807) is 12.1 Å². The van der Waals surface area contributed by atoms with E-state index in [1.165, 1.54) is 7.11 Å². The molecule has 0 amide bonds. The lowest BCUT2D eigenvalue weighted by Crippen LogP contribution is -2.49. The summed E-state index contributed by atoms with van der Waals surface area (Å²) < 4.78 is 18.3. The predicted octanol–water partition coefficient (Wildman–Crippen LogP) is 0.938. The number of ether oxygens (including phenoxy) is 1. The van der Waals surface area contributed by atoms with Crippen LogP contribution >= 0.6 is 0 Å². The molecule has 2 rings (SSSR count). The number of hydrogen-bond acceptors (Lipinski definition) is 3. The van der Waals surface area contributed by atoms with Gasteiger partial charge >= 0.3 is 0 Å². The van der Waals surface area contributed by atoms with Crippen LogP contribution in [0.4, 0.5) is 4.39 Å². The Labute approximate surface area is 95.0 Å². The number of nitrogens with one attached hydrogen (secondary N) is 2. The molecule has 88 valence electrons. The highest BCUT2D eigenvalue weighted by Crippen LogP contribution is 2.18. The number of piperazine rings is 1. The Morgan fingerprint density at radius 2 is 2.31 bits per heavy atom. The maximum Gasteiger partial charge on any atom is 0.165 e. The first kappa shape index (κ1) is 11.4. The first-order chi connectivity index (χ1) is 7.79. The molecule has 0 radical (unpaired) electrons. The molecule has 1 fully saturated rings. The number of methoxy groups -OCH3 is 1. The molecule has 16 heavy (non-hydrogen) atoms. The van der Waals surface area contributed by atoms with E-state index in [0.29, 0.717) is 11.8 Å². The van der Waals surface area contributed by atoms with E-state index in [2.05, 4.69) is 10.6 Å². The first-order valence-electron chi connectivity index (χ1n) is 5.56. The Bertz CT molecular complexity index is 351. The maximum atomic E-state index is 13.4. The topological polar surface area (TPSA) is 33.3 Å². The van der Waals surface area contributed by atoms with Gasteiger partial charge in [-0.2, -0.15) is 0 Å². The van der Waals surface area contributed by atoms with Gasteiger partial charge in [-0.1, -0.05) is 6.07 Å².